The van der Waals surface area contributed by atoms with Crippen LogP contribution in [0.15, 0.2) is 18.2 Å². The molecule has 2 N–H and O–H groups in total. The van der Waals surface area contributed by atoms with E-state index in [0.29, 0.717) is 28.7 Å². The fraction of sp³-hybridized carbons (Fsp3) is 0.429. The molecule has 0 bridgehead atoms. The van der Waals surface area contributed by atoms with E-state index in [0.717, 1.165) is 16.4 Å². The maximum Gasteiger partial charge on any atom is 0.253 e. The molecule has 7 heteroatoms. The molecule has 0 radical (unpaired) electrons. The highest BCUT2D eigenvalue weighted by Crippen LogP contribution is 2.35. The zero-order valence-corrected chi connectivity index (χ0v) is 16.1. The van der Waals surface area contributed by atoms with Crippen molar-refractivity contribution in [1.29, 1.82) is 0 Å². The Morgan fingerprint density at radius 1 is 1.48 bits per heavy atom. The van der Waals surface area contributed by atoms with Crippen molar-refractivity contribution in [3.8, 4) is 0 Å². The van der Waals surface area contributed by atoms with Gasteiger partial charge >= 0.3 is 0 Å². The molecule has 21 heavy (non-hydrogen) atoms. The number of hydrogen-bond acceptors (Lipinski definition) is 3. The number of halogens is 2. The van der Waals surface area contributed by atoms with Crippen molar-refractivity contribution < 1.29 is 4.79 Å². The van der Waals surface area contributed by atoms with Crippen LogP contribution in [0.2, 0.25) is 5.02 Å². The number of nitrogens with zero attached hydrogens (tertiary/aromatic N) is 1. The van der Waals surface area contributed by atoms with Crippen LogP contribution in [-0.2, 0) is 0 Å². The second kappa shape index (κ2) is 7.02. The van der Waals surface area contributed by atoms with Crippen LogP contribution in [0.25, 0.3) is 0 Å². The molecule has 1 amide bonds. The van der Waals surface area contributed by atoms with Gasteiger partial charge in [0.05, 0.1) is 14.8 Å². The summed E-state index contributed by atoms with van der Waals surface area (Å²) < 4.78 is 0.773. The Morgan fingerprint density at radius 3 is 2.57 bits per heavy atom. The van der Waals surface area contributed by atoms with E-state index in [1.807, 2.05) is 23.3 Å². The van der Waals surface area contributed by atoms with E-state index in [2.05, 4.69) is 22.6 Å². The van der Waals surface area contributed by atoms with Gasteiger partial charge in [-0.2, -0.15) is 11.8 Å². The topological polar surface area (TPSA) is 46.3 Å². The monoisotopic (exact) mass is 454 g/mol. The number of thiocarbonyl (C=S) groups is 1. The number of nitrogens with two attached hydrogens (primary N) is 1. The van der Waals surface area contributed by atoms with Crippen LogP contribution in [0.5, 0.6) is 0 Å². The van der Waals surface area contributed by atoms with E-state index in [1.54, 1.807) is 17.8 Å². The molecule has 0 aromatic heterocycles. The second-order valence-electron chi connectivity index (χ2n) is 4.98. The molecule has 2 rings (SSSR count). The standard InChI is InChI=1S/C14H16ClIN2OS2/c1-21-14(13(17)20)4-6-18(7-5-14)12(19)9-2-3-11(16)10(15)8-9/h2-3,8H,4-7H2,1H3,(H2,17,20). The fourth-order valence-electron chi connectivity index (χ4n) is 2.43. The van der Waals surface area contributed by atoms with E-state index in [9.17, 15) is 4.79 Å². The first kappa shape index (κ1) is 17.3. The zero-order valence-electron chi connectivity index (χ0n) is 11.6. The normalized spacial score (nSPS) is 17.6. The molecule has 0 saturated carbocycles. The predicted octanol–water partition coefficient (Wildman–Crippen LogP) is 3.57. The van der Waals surface area contributed by atoms with Gasteiger partial charge in [0.1, 0.15) is 0 Å². The molecular weight excluding hydrogens is 439 g/mol. The molecule has 3 nitrogen and oxygen atoms in total. The van der Waals surface area contributed by atoms with Crippen molar-refractivity contribution in [1.82, 2.24) is 4.90 Å². The van der Waals surface area contributed by atoms with Crippen LogP contribution in [0.1, 0.15) is 23.2 Å². The summed E-state index contributed by atoms with van der Waals surface area (Å²) in [6, 6.07) is 5.41. The van der Waals surface area contributed by atoms with Gasteiger partial charge in [0.2, 0.25) is 0 Å². The Bertz CT molecular complexity index is 574. The molecule has 0 aliphatic carbocycles. The molecule has 0 unspecified atom stereocenters. The molecule has 1 saturated heterocycles. The summed E-state index contributed by atoms with van der Waals surface area (Å²) in [5, 5.41) is 0.611. The van der Waals surface area contributed by atoms with Gasteiger partial charge in [-0.3, -0.25) is 4.79 Å². The first-order chi connectivity index (χ1) is 9.89. The highest BCUT2D eigenvalue weighted by molar-refractivity contribution is 14.1. The number of hydrogen-bond donors (Lipinski definition) is 1. The summed E-state index contributed by atoms with van der Waals surface area (Å²) in [5.74, 6) is 0.0194. The number of piperidine rings is 1. The lowest BCUT2D eigenvalue weighted by molar-refractivity contribution is 0.0719. The fourth-order valence-corrected chi connectivity index (χ4v) is 4.20. The Hall–Kier alpha value is -0.0500. The SMILES string of the molecule is CSC1(C(N)=S)CCN(C(=O)c2ccc(I)c(Cl)c2)CC1. The number of amides is 1. The van der Waals surface area contributed by atoms with E-state index in [4.69, 9.17) is 29.6 Å². The number of thioether (sulfide) groups is 1. The van der Waals surface area contributed by atoms with E-state index in [1.165, 1.54) is 0 Å². The van der Waals surface area contributed by atoms with Crippen molar-refractivity contribution in [2.75, 3.05) is 19.3 Å². The minimum absolute atomic E-state index is 0.0194. The smallest absolute Gasteiger partial charge is 0.253 e. The zero-order chi connectivity index (χ0) is 15.6. The lowest BCUT2D eigenvalue weighted by Crippen LogP contribution is -2.50. The van der Waals surface area contributed by atoms with E-state index in [-0.39, 0.29) is 10.7 Å². The summed E-state index contributed by atoms with van der Waals surface area (Å²) in [6.45, 7) is 1.33. The summed E-state index contributed by atoms with van der Waals surface area (Å²) >= 11 is 15.1. The van der Waals surface area contributed by atoms with E-state index < -0.39 is 0 Å². The quantitative estimate of drug-likeness (QED) is 0.560. The molecule has 0 atom stereocenters. The first-order valence-corrected chi connectivity index (χ1v) is 9.58. The molecule has 1 heterocycles. The lowest BCUT2D eigenvalue weighted by atomic mass is 9.95. The summed E-state index contributed by atoms with van der Waals surface area (Å²) in [5.41, 5.74) is 6.50. The molecule has 0 spiro atoms. The van der Waals surface area contributed by atoms with Gasteiger partial charge < -0.3 is 10.6 Å². The highest BCUT2D eigenvalue weighted by Gasteiger charge is 2.38. The van der Waals surface area contributed by atoms with Crippen LogP contribution in [-0.4, -0.2) is 39.9 Å². The number of benzene rings is 1. The largest absolute Gasteiger partial charge is 0.392 e. The van der Waals surface area contributed by atoms with Crippen LogP contribution >= 0.6 is 58.2 Å². The number of carbonyl (C=O) groups is 1. The van der Waals surface area contributed by atoms with E-state index >= 15 is 0 Å². The van der Waals surface area contributed by atoms with Crippen LogP contribution < -0.4 is 5.73 Å². The minimum Gasteiger partial charge on any atom is -0.392 e. The molecule has 1 fully saturated rings. The third-order valence-corrected chi connectivity index (χ3v) is 7.37. The lowest BCUT2D eigenvalue weighted by Gasteiger charge is -2.40. The predicted molar refractivity (Wildman–Crippen MR) is 102 cm³/mol. The molecule has 1 aromatic rings. The second-order valence-corrected chi connectivity index (χ2v) is 8.18. The van der Waals surface area contributed by atoms with Gasteiger partial charge in [0, 0.05) is 22.2 Å². The maximum atomic E-state index is 12.5. The molecule has 1 aromatic carbocycles. The Kier molecular flexibility index (Phi) is 5.78. The Morgan fingerprint density at radius 2 is 2.10 bits per heavy atom. The van der Waals surface area contributed by atoms with Crippen molar-refractivity contribution in [3.05, 3.63) is 32.4 Å². The van der Waals surface area contributed by atoms with Gasteiger partial charge in [-0.25, -0.2) is 0 Å². The Balaban J connectivity index is 2.09. The molecular formula is C14H16ClIN2OS2. The van der Waals surface area contributed by atoms with Crippen molar-refractivity contribution in [2.45, 2.75) is 17.6 Å². The molecule has 1 aliphatic rings. The van der Waals surface area contributed by atoms with Crippen LogP contribution in [0, 0.1) is 3.57 Å². The average Bonchev–Trinajstić information content (AvgIpc) is 2.49. The maximum absolute atomic E-state index is 12.5. The Labute approximate surface area is 153 Å². The van der Waals surface area contributed by atoms with Gasteiger partial charge in [-0.15, -0.1) is 0 Å². The first-order valence-electron chi connectivity index (χ1n) is 6.49. The van der Waals surface area contributed by atoms with Gasteiger partial charge in [-0.1, -0.05) is 23.8 Å². The molecule has 114 valence electrons. The number of rotatable bonds is 3. The number of carbonyl (C=O) groups excluding carboxylic acids is 1. The van der Waals surface area contributed by atoms with Crippen molar-refractivity contribution >= 4 is 69.1 Å². The van der Waals surface area contributed by atoms with Crippen molar-refractivity contribution in [2.24, 2.45) is 5.73 Å². The third kappa shape index (κ3) is 3.65. The summed E-state index contributed by atoms with van der Waals surface area (Å²) in [4.78, 5) is 14.9. The average molecular weight is 455 g/mol. The summed E-state index contributed by atoms with van der Waals surface area (Å²) in [6.07, 6.45) is 3.62. The van der Waals surface area contributed by atoms with Crippen LogP contribution in [0.3, 0.4) is 0 Å². The number of likely N-dealkylation sites (tertiary alicyclic amines) is 1. The van der Waals surface area contributed by atoms with Gasteiger partial charge in [-0.05, 0) is 59.9 Å². The summed E-state index contributed by atoms with van der Waals surface area (Å²) in [7, 11) is 0. The highest BCUT2D eigenvalue weighted by atomic mass is 127. The third-order valence-electron chi connectivity index (χ3n) is 3.86. The molecule has 1 aliphatic heterocycles. The minimum atomic E-state index is -0.171. The van der Waals surface area contributed by atoms with Crippen molar-refractivity contribution in [3.63, 3.8) is 0 Å². The van der Waals surface area contributed by atoms with Gasteiger partial charge in [0.15, 0.2) is 0 Å². The van der Waals surface area contributed by atoms with Gasteiger partial charge in [0.25, 0.3) is 5.91 Å². The van der Waals surface area contributed by atoms with Crippen LogP contribution in [0.4, 0.5) is 0 Å².